The van der Waals surface area contributed by atoms with Crippen LogP contribution in [-0.2, 0) is 24.1 Å². The van der Waals surface area contributed by atoms with Crippen molar-refractivity contribution in [1.82, 2.24) is 9.55 Å². The van der Waals surface area contributed by atoms with Crippen LogP contribution in [0.25, 0.3) is 0 Å². The van der Waals surface area contributed by atoms with Crippen molar-refractivity contribution in [3.8, 4) is 0 Å². The molecule has 14 heavy (non-hydrogen) atoms. The summed E-state index contributed by atoms with van der Waals surface area (Å²) in [6.45, 7) is 4.20. The van der Waals surface area contributed by atoms with Gasteiger partial charge in [-0.05, 0) is 12.3 Å². The molecule has 0 saturated carbocycles. The molecule has 0 bridgehead atoms. The predicted octanol–water partition coefficient (Wildman–Crippen LogP) is 1.65. The molecule has 1 atom stereocenters. The number of rotatable bonds is 3. The van der Waals surface area contributed by atoms with Gasteiger partial charge in [-0.3, -0.25) is 0 Å². The normalized spacial score (nSPS) is 20.9. The van der Waals surface area contributed by atoms with Crippen molar-refractivity contribution in [2.75, 3.05) is 13.7 Å². The van der Waals surface area contributed by atoms with E-state index in [9.17, 15) is 0 Å². The molecule has 1 unspecified atom stereocenters. The van der Waals surface area contributed by atoms with E-state index in [4.69, 9.17) is 4.74 Å². The summed E-state index contributed by atoms with van der Waals surface area (Å²) in [5, 5.41) is 0. The smallest absolute Gasteiger partial charge is 0.109 e. The van der Waals surface area contributed by atoms with Crippen LogP contribution in [0.15, 0.2) is 6.20 Å². The minimum absolute atomic E-state index is 0.770. The molecule has 0 amide bonds. The zero-order valence-electron chi connectivity index (χ0n) is 8.99. The zero-order valence-corrected chi connectivity index (χ0v) is 8.99. The summed E-state index contributed by atoms with van der Waals surface area (Å²) in [4.78, 5) is 4.62. The van der Waals surface area contributed by atoms with Crippen LogP contribution in [0.5, 0.6) is 0 Å². The molecule has 2 heterocycles. The molecule has 0 N–H and O–H groups in total. The van der Waals surface area contributed by atoms with Crippen LogP contribution < -0.4 is 0 Å². The number of hydrogen-bond acceptors (Lipinski definition) is 2. The molecule has 3 heteroatoms. The van der Waals surface area contributed by atoms with Gasteiger partial charge in [0.25, 0.3) is 0 Å². The number of ether oxygens (including phenoxy) is 1. The van der Waals surface area contributed by atoms with Crippen LogP contribution in [0.2, 0.25) is 0 Å². The maximum Gasteiger partial charge on any atom is 0.109 e. The Morgan fingerprint density at radius 3 is 3.29 bits per heavy atom. The topological polar surface area (TPSA) is 27.1 Å². The summed E-state index contributed by atoms with van der Waals surface area (Å²) >= 11 is 0. The van der Waals surface area contributed by atoms with E-state index in [-0.39, 0.29) is 0 Å². The summed E-state index contributed by atoms with van der Waals surface area (Å²) < 4.78 is 7.35. The highest BCUT2D eigenvalue weighted by molar-refractivity contribution is 5.07. The van der Waals surface area contributed by atoms with Gasteiger partial charge < -0.3 is 9.30 Å². The lowest BCUT2D eigenvalue weighted by Crippen LogP contribution is -2.16. The highest BCUT2D eigenvalue weighted by Crippen LogP contribution is 2.19. The number of hydrogen-bond donors (Lipinski definition) is 0. The van der Waals surface area contributed by atoms with Crippen molar-refractivity contribution in [2.45, 2.75) is 32.7 Å². The Hall–Kier alpha value is -0.830. The third-order valence-corrected chi connectivity index (χ3v) is 2.87. The molecule has 78 valence electrons. The van der Waals surface area contributed by atoms with Crippen LogP contribution in [0.3, 0.4) is 0 Å². The maximum absolute atomic E-state index is 5.05. The van der Waals surface area contributed by atoms with Crippen LogP contribution in [0.4, 0.5) is 0 Å². The lowest BCUT2D eigenvalue weighted by Gasteiger charge is -2.18. The second-order valence-corrected chi connectivity index (χ2v) is 4.18. The first-order valence-corrected chi connectivity index (χ1v) is 5.33. The van der Waals surface area contributed by atoms with E-state index in [0.717, 1.165) is 31.9 Å². The first-order chi connectivity index (χ1) is 6.79. The Labute approximate surface area is 85.1 Å². The van der Waals surface area contributed by atoms with Gasteiger partial charge in [0.15, 0.2) is 0 Å². The van der Waals surface area contributed by atoms with Crippen molar-refractivity contribution in [2.24, 2.45) is 5.92 Å². The molecule has 3 nitrogen and oxygen atoms in total. The minimum atomic E-state index is 0.770. The lowest BCUT2D eigenvalue weighted by atomic mass is 10.0. The molecule has 1 aromatic rings. The Bertz CT molecular complexity index is 306. The van der Waals surface area contributed by atoms with Crippen LogP contribution >= 0.6 is 0 Å². The quantitative estimate of drug-likeness (QED) is 0.731. The van der Waals surface area contributed by atoms with E-state index in [1.165, 1.54) is 17.9 Å². The molecule has 1 aromatic heterocycles. The molecule has 0 aromatic carbocycles. The number of aryl methyl sites for hydroxylation is 1. The summed E-state index contributed by atoms with van der Waals surface area (Å²) in [7, 11) is 1.73. The Kier molecular flexibility index (Phi) is 2.87. The maximum atomic E-state index is 5.05. The molecule has 2 rings (SSSR count). The molecular formula is C11H18N2O. The zero-order chi connectivity index (χ0) is 9.97. The monoisotopic (exact) mass is 194 g/mol. The standard InChI is InChI=1S/C11H18N2O/c1-9-3-5-13-8-10(4-6-14-2)12-11(13)7-9/h8-9H,3-7H2,1-2H3. The third-order valence-electron chi connectivity index (χ3n) is 2.87. The Balaban J connectivity index is 2.07. The molecule has 0 radical (unpaired) electrons. The van der Waals surface area contributed by atoms with Crippen LogP contribution in [0, 0.1) is 5.92 Å². The van der Waals surface area contributed by atoms with Gasteiger partial charge in [-0.2, -0.15) is 0 Å². The highest BCUT2D eigenvalue weighted by Gasteiger charge is 2.16. The number of aromatic nitrogens is 2. The lowest BCUT2D eigenvalue weighted by molar-refractivity contribution is 0.201. The summed E-state index contributed by atoms with van der Waals surface area (Å²) in [6.07, 6.45) is 5.53. The number of methoxy groups -OCH3 is 1. The number of fused-ring (bicyclic) bond motifs is 1. The van der Waals surface area contributed by atoms with Crippen molar-refractivity contribution < 1.29 is 4.74 Å². The Morgan fingerprint density at radius 1 is 1.64 bits per heavy atom. The summed E-state index contributed by atoms with van der Waals surface area (Å²) in [6, 6.07) is 0. The van der Waals surface area contributed by atoms with Gasteiger partial charge in [0.2, 0.25) is 0 Å². The van der Waals surface area contributed by atoms with Crippen molar-refractivity contribution in [1.29, 1.82) is 0 Å². The molecular weight excluding hydrogens is 176 g/mol. The van der Waals surface area contributed by atoms with E-state index in [2.05, 4.69) is 22.7 Å². The predicted molar refractivity (Wildman–Crippen MR) is 55.3 cm³/mol. The van der Waals surface area contributed by atoms with Crippen LogP contribution in [0.1, 0.15) is 24.9 Å². The second-order valence-electron chi connectivity index (χ2n) is 4.18. The fourth-order valence-electron chi connectivity index (χ4n) is 1.97. The fourth-order valence-corrected chi connectivity index (χ4v) is 1.97. The highest BCUT2D eigenvalue weighted by atomic mass is 16.5. The van der Waals surface area contributed by atoms with E-state index < -0.39 is 0 Å². The average molecular weight is 194 g/mol. The van der Waals surface area contributed by atoms with E-state index in [1.807, 2.05) is 0 Å². The van der Waals surface area contributed by atoms with E-state index in [1.54, 1.807) is 7.11 Å². The third kappa shape index (κ3) is 1.98. The van der Waals surface area contributed by atoms with Gasteiger partial charge >= 0.3 is 0 Å². The van der Waals surface area contributed by atoms with Gasteiger partial charge in [-0.25, -0.2) is 4.98 Å². The molecule has 0 saturated heterocycles. The molecule has 0 fully saturated rings. The minimum Gasteiger partial charge on any atom is -0.384 e. The van der Waals surface area contributed by atoms with E-state index in [0.29, 0.717) is 0 Å². The van der Waals surface area contributed by atoms with Gasteiger partial charge in [0.05, 0.1) is 12.3 Å². The molecule has 0 spiro atoms. The summed E-state index contributed by atoms with van der Waals surface area (Å²) in [5.41, 5.74) is 1.18. The summed E-state index contributed by atoms with van der Waals surface area (Å²) in [5.74, 6) is 2.05. The number of imidazole rings is 1. The fraction of sp³-hybridized carbons (Fsp3) is 0.727. The first-order valence-electron chi connectivity index (χ1n) is 5.33. The van der Waals surface area contributed by atoms with Gasteiger partial charge in [0.1, 0.15) is 5.82 Å². The first kappa shape index (κ1) is 9.71. The largest absolute Gasteiger partial charge is 0.384 e. The van der Waals surface area contributed by atoms with Crippen molar-refractivity contribution >= 4 is 0 Å². The average Bonchev–Trinajstić information content (AvgIpc) is 2.56. The molecule has 1 aliphatic rings. The van der Waals surface area contributed by atoms with Gasteiger partial charge in [0, 0.05) is 32.7 Å². The molecule has 0 aliphatic carbocycles. The van der Waals surface area contributed by atoms with Crippen LogP contribution in [-0.4, -0.2) is 23.3 Å². The number of nitrogens with zero attached hydrogens (tertiary/aromatic N) is 2. The van der Waals surface area contributed by atoms with Crippen molar-refractivity contribution in [3.63, 3.8) is 0 Å². The van der Waals surface area contributed by atoms with Crippen molar-refractivity contribution in [3.05, 3.63) is 17.7 Å². The van der Waals surface area contributed by atoms with E-state index >= 15 is 0 Å². The second kappa shape index (κ2) is 4.13. The SMILES string of the molecule is COCCc1cn2c(n1)CC(C)CC2. The molecule has 1 aliphatic heterocycles. The Morgan fingerprint density at radius 2 is 2.50 bits per heavy atom. The van der Waals surface area contributed by atoms with Gasteiger partial charge in [-0.1, -0.05) is 6.92 Å². The van der Waals surface area contributed by atoms with Gasteiger partial charge in [-0.15, -0.1) is 0 Å².